The van der Waals surface area contributed by atoms with Crippen molar-refractivity contribution in [1.29, 1.82) is 0 Å². The number of hydrogen-bond acceptors (Lipinski definition) is 5. The Labute approximate surface area is 174 Å². The lowest BCUT2D eigenvalue weighted by molar-refractivity contribution is -0.137. The maximum Gasteiger partial charge on any atom is 0.417 e. The second kappa shape index (κ2) is 8.20. The molecule has 3 aromatic rings. The molecule has 8 nitrogen and oxygen atoms in total. The van der Waals surface area contributed by atoms with Crippen LogP contribution in [0.25, 0.3) is 5.65 Å². The van der Waals surface area contributed by atoms with Gasteiger partial charge in [-0.15, -0.1) is 10.2 Å². The Hall–Kier alpha value is -2.70. The summed E-state index contributed by atoms with van der Waals surface area (Å²) in [6.07, 6.45) is -3.73. The van der Waals surface area contributed by atoms with E-state index in [1.807, 2.05) is 0 Å². The molecule has 0 bridgehead atoms. The number of carbonyl (C=O) groups is 1. The van der Waals surface area contributed by atoms with Gasteiger partial charge in [0.25, 0.3) is 0 Å². The summed E-state index contributed by atoms with van der Waals surface area (Å²) in [5.41, 5.74) is -0.727. The van der Waals surface area contributed by atoms with Crippen LogP contribution in [0.4, 0.5) is 13.2 Å². The van der Waals surface area contributed by atoms with Crippen molar-refractivity contribution in [2.24, 2.45) is 0 Å². The summed E-state index contributed by atoms with van der Waals surface area (Å²) in [6, 6.07) is 6.24. The van der Waals surface area contributed by atoms with Crippen LogP contribution in [0.1, 0.15) is 18.3 Å². The van der Waals surface area contributed by atoms with Gasteiger partial charge in [0.15, 0.2) is 11.5 Å². The molecule has 0 fully saturated rings. The van der Waals surface area contributed by atoms with Gasteiger partial charge in [-0.3, -0.25) is 9.20 Å². The average Bonchev–Trinajstić information content (AvgIpc) is 3.07. The molecule has 1 atom stereocenters. The number of halogens is 4. The Morgan fingerprint density at radius 2 is 1.83 bits per heavy atom. The number of benzene rings is 1. The highest BCUT2D eigenvalue weighted by atomic mass is 35.5. The molecule has 2 N–H and O–H groups in total. The highest BCUT2D eigenvalue weighted by Crippen LogP contribution is 2.29. The monoisotopic (exact) mass is 461 g/mol. The molecular weight excluding hydrogens is 447 g/mol. The Bertz CT molecular complexity index is 1180. The Morgan fingerprint density at radius 3 is 2.47 bits per heavy atom. The van der Waals surface area contributed by atoms with Crippen LogP contribution in [0.3, 0.4) is 0 Å². The van der Waals surface area contributed by atoms with E-state index in [-0.39, 0.29) is 22.9 Å². The summed E-state index contributed by atoms with van der Waals surface area (Å²) in [4.78, 5) is 12.2. The van der Waals surface area contributed by atoms with Crippen LogP contribution in [0, 0.1) is 0 Å². The molecule has 1 unspecified atom stereocenters. The zero-order chi connectivity index (χ0) is 22.1. The van der Waals surface area contributed by atoms with E-state index >= 15 is 0 Å². The highest BCUT2D eigenvalue weighted by molar-refractivity contribution is 7.89. The molecule has 0 aliphatic heterocycles. The van der Waals surface area contributed by atoms with Crippen LogP contribution in [0.5, 0.6) is 0 Å². The SMILES string of the molecule is CC(NS(=O)(=O)c1ccc(Cl)cc1)C(=O)NCc1nnc2ccc(C(F)(F)F)cn12. The van der Waals surface area contributed by atoms with Gasteiger partial charge in [0.05, 0.1) is 23.0 Å². The molecule has 2 aromatic heterocycles. The number of nitrogens with one attached hydrogen (secondary N) is 2. The smallest absolute Gasteiger partial charge is 0.347 e. The largest absolute Gasteiger partial charge is 0.417 e. The molecule has 2 heterocycles. The van der Waals surface area contributed by atoms with E-state index in [1.54, 1.807) is 0 Å². The summed E-state index contributed by atoms with van der Waals surface area (Å²) < 4.78 is 66.7. The molecule has 0 aliphatic carbocycles. The molecule has 160 valence electrons. The van der Waals surface area contributed by atoms with Crippen molar-refractivity contribution in [2.75, 3.05) is 0 Å². The van der Waals surface area contributed by atoms with Crippen molar-refractivity contribution in [3.8, 4) is 0 Å². The van der Waals surface area contributed by atoms with E-state index in [0.717, 1.165) is 22.7 Å². The van der Waals surface area contributed by atoms with Gasteiger partial charge in [-0.2, -0.15) is 17.9 Å². The maximum absolute atomic E-state index is 12.9. The summed E-state index contributed by atoms with van der Waals surface area (Å²) >= 11 is 5.73. The Morgan fingerprint density at radius 1 is 1.17 bits per heavy atom. The molecule has 0 saturated carbocycles. The van der Waals surface area contributed by atoms with Crippen molar-refractivity contribution in [3.63, 3.8) is 0 Å². The summed E-state index contributed by atoms with van der Waals surface area (Å²) in [5, 5.41) is 10.3. The third kappa shape index (κ3) is 4.89. The molecule has 0 spiro atoms. The molecular formula is C17H15ClF3N5O3S. The molecule has 0 radical (unpaired) electrons. The fraction of sp³-hybridized carbons (Fsp3) is 0.235. The molecule has 0 saturated heterocycles. The van der Waals surface area contributed by atoms with Crippen LogP contribution < -0.4 is 10.0 Å². The van der Waals surface area contributed by atoms with Gasteiger partial charge in [0.1, 0.15) is 0 Å². The number of hydrogen-bond donors (Lipinski definition) is 2. The van der Waals surface area contributed by atoms with Crippen LogP contribution in [0.15, 0.2) is 47.5 Å². The predicted molar refractivity (Wildman–Crippen MR) is 101 cm³/mol. The maximum atomic E-state index is 12.9. The Kier molecular flexibility index (Phi) is 6.01. The van der Waals surface area contributed by atoms with Crippen molar-refractivity contribution < 1.29 is 26.4 Å². The topological polar surface area (TPSA) is 105 Å². The van der Waals surface area contributed by atoms with Crippen molar-refractivity contribution in [1.82, 2.24) is 24.6 Å². The zero-order valence-corrected chi connectivity index (χ0v) is 16.9. The minimum absolute atomic E-state index is 0.0530. The standard InChI is InChI=1S/C17H15ClF3N5O3S/c1-10(25-30(28,29)13-5-3-12(18)4-6-13)16(27)22-8-15-24-23-14-7-2-11(9-26(14)15)17(19,20)21/h2-7,9-10,25H,8H2,1H3,(H,22,27). The van der Waals surface area contributed by atoms with Crippen LogP contribution >= 0.6 is 11.6 Å². The van der Waals surface area contributed by atoms with E-state index in [9.17, 15) is 26.4 Å². The van der Waals surface area contributed by atoms with Gasteiger partial charge in [-0.05, 0) is 43.3 Å². The molecule has 1 aromatic carbocycles. The minimum Gasteiger partial charge on any atom is -0.347 e. The van der Waals surface area contributed by atoms with Crippen LogP contribution in [-0.4, -0.2) is 35.0 Å². The fourth-order valence-corrected chi connectivity index (χ4v) is 3.84. The number of fused-ring (bicyclic) bond motifs is 1. The molecule has 13 heteroatoms. The van der Waals surface area contributed by atoms with Gasteiger partial charge >= 0.3 is 6.18 Å². The number of alkyl halides is 3. The second-order valence-electron chi connectivity index (χ2n) is 6.27. The third-order valence-corrected chi connectivity index (χ3v) is 5.88. The van der Waals surface area contributed by atoms with Crippen molar-refractivity contribution in [3.05, 3.63) is 59.0 Å². The molecule has 1 amide bonds. The third-order valence-electron chi connectivity index (χ3n) is 4.07. The minimum atomic E-state index is -4.55. The van der Waals surface area contributed by atoms with Crippen LogP contribution in [-0.2, 0) is 27.5 Å². The molecule has 0 aliphatic rings. The van der Waals surface area contributed by atoms with Gasteiger partial charge in [-0.25, -0.2) is 8.42 Å². The van der Waals surface area contributed by atoms with E-state index in [2.05, 4.69) is 20.2 Å². The first-order valence-electron chi connectivity index (χ1n) is 8.44. The average molecular weight is 462 g/mol. The van der Waals surface area contributed by atoms with Gasteiger partial charge in [0, 0.05) is 11.2 Å². The number of aromatic nitrogens is 3. The number of carbonyl (C=O) groups excluding carboxylic acids is 1. The Balaban J connectivity index is 1.68. The second-order valence-corrected chi connectivity index (χ2v) is 8.43. The first kappa shape index (κ1) is 22.0. The summed E-state index contributed by atoms with van der Waals surface area (Å²) in [5.74, 6) is -0.645. The lowest BCUT2D eigenvalue weighted by atomic mass is 10.3. The van der Waals surface area contributed by atoms with E-state index in [1.165, 1.54) is 31.2 Å². The number of pyridine rings is 1. The number of rotatable bonds is 6. The first-order chi connectivity index (χ1) is 14.0. The quantitative estimate of drug-likeness (QED) is 0.586. The number of amides is 1. The van der Waals surface area contributed by atoms with Crippen molar-refractivity contribution >= 4 is 33.2 Å². The fourth-order valence-electron chi connectivity index (χ4n) is 2.51. The predicted octanol–water partition coefficient (Wildman–Crippen LogP) is 2.38. The number of nitrogens with zero attached hydrogens (tertiary/aromatic N) is 3. The van der Waals surface area contributed by atoms with Gasteiger partial charge in [-0.1, -0.05) is 11.6 Å². The summed E-state index contributed by atoms with van der Waals surface area (Å²) in [7, 11) is -3.98. The number of sulfonamides is 1. The van der Waals surface area contributed by atoms with E-state index < -0.39 is 33.7 Å². The first-order valence-corrected chi connectivity index (χ1v) is 10.3. The van der Waals surface area contributed by atoms with Crippen molar-refractivity contribution in [2.45, 2.75) is 30.6 Å². The molecule has 30 heavy (non-hydrogen) atoms. The van der Waals surface area contributed by atoms with E-state index in [4.69, 9.17) is 11.6 Å². The van der Waals surface area contributed by atoms with Gasteiger partial charge in [0.2, 0.25) is 15.9 Å². The molecule has 3 rings (SSSR count). The lowest BCUT2D eigenvalue weighted by Crippen LogP contribution is -2.44. The van der Waals surface area contributed by atoms with Gasteiger partial charge < -0.3 is 5.32 Å². The zero-order valence-electron chi connectivity index (χ0n) is 15.3. The van der Waals surface area contributed by atoms with Crippen LogP contribution in [0.2, 0.25) is 5.02 Å². The van der Waals surface area contributed by atoms with E-state index in [0.29, 0.717) is 5.02 Å². The highest BCUT2D eigenvalue weighted by Gasteiger charge is 2.31. The normalized spacial score (nSPS) is 13.4. The summed E-state index contributed by atoms with van der Waals surface area (Å²) in [6.45, 7) is 1.07. The lowest BCUT2D eigenvalue weighted by Gasteiger charge is -2.14.